The number of aryl methyl sites for hydroxylation is 1. The summed E-state index contributed by atoms with van der Waals surface area (Å²) in [4.78, 5) is 19.5. The van der Waals surface area contributed by atoms with Crippen molar-refractivity contribution in [2.75, 3.05) is 6.26 Å². The molecule has 1 aromatic heterocycles. The Morgan fingerprint density at radius 2 is 1.89 bits per heavy atom. The van der Waals surface area contributed by atoms with Crippen LogP contribution in [0.25, 0.3) is 0 Å². The molecule has 0 atom stereocenters. The zero-order chi connectivity index (χ0) is 14.1. The first kappa shape index (κ1) is 14.6. The fourth-order valence-electron chi connectivity index (χ4n) is 1.20. The van der Waals surface area contributed by atoms with Crippen LogP contribution in [0.1, 0.15) is 37.0 Å². The Kier molecular flexibility index (Phi) is 3.75. The Morgan fingerprint density at radius 3 is 2.33 bits per heavy atom. The van der Waals surface area contributed by atoms with Gasteiger partial charge in [0.25, 0.3) is 0 Å². The molecular formula is C11H16N2O4S. The predicted molar refractivity (Wildman–Crippen MR) is 65.0 cm³/mol. The Hall–Kier alpha value is -1.50. The summed E-state index contributed by atoms with van der Waals surface area (Å²) in [6.07, 6.45) is 2.16. The van der Waals surface area contributed by atoms with Crippen molar-refractivity contribution in [3.63, 3.8) is 0 Å². The molecule has 0 aliphatic carbocycles. The molecule has 7 heteroatoms. The summed E-state index contributed by atoms with van der Waals surface area (Å²) in [7, 11) is -3.61. The van der Waals surface area contributed by atoms with Crippen molar-refractivity contribution in [3.8, 4) is 0 Å². The molecule has 0 aliphatic heterocycles. The first-order chi connectivity index (χ1) is 8.00. The maximum absolute atomic E-state index is 11.9. The molecular weight excluding hydrogens is 256 g/mol. The molecule has 0 radical (unpaired) electrons. The number of ether oxygens (including phenoxy) is 1. The predicted octanol–water partition coefficient (Wildman–Crippen LogP) is 1.14. The van der Waals surface area contributed by atoms with Gasteiger partial charge in [-0.15, -0.1) is 0 Å². The summed E-state index contributed by atoms with van der Waals surface area (Å²) in [5.74, 6) is -0.467. The molecule has 0 bridgehead atoms. The van der Waals surface area contributed by atoms with E-state index in [1.165, 1.54) is 6.20 Å². The van der Waals surface area contributed by atoms with E-state index in [9.17, 15) is 13.2 Å². The molecule has 0 saturated heterocycles. The zero-order valence-electron chi connectivity index (χ0n) is 11.0. The third-order valence-electron chi connectivity index (χ3n) is 1.84. The average molecular weight is 272 g/mol. The number of carbonyl (C=O) groups excluding carboxylic acids is 1. The number of aromatic nitrogens is 2. The maximum atomic E-state index is 11.9. The molecule has 6 nitrogen and oxygen atoms in total. The minimum absolute atomic E-state index is 0.141. The lowest BCUT2D eigenvalue weighted by Gasteiger charge is -2.19. The molecule has 0 aromatic carbocycles. The Bertz CT molecular complexity index is 573. The summed E-state index contributed by atoms with van der Waals surface area (Å²) < 4.78 is 28.3. The number of sulfone groups is 1. The number of hydrogen-bond acceptors (Lipinski definition) is 6. The number of hydrogen-bond donors (Lipinski definition) is 0. The topological polar surface area (TPSA) is 86.2 Å². The van der Waals surface area contributed by atoms with Crippen LogP contribution in [-0.4, -0.2) is 36.2 Å². The second kappa shape index (κ2) is 4.64. The third-order valence-corrected chi connectivity index (χ3v) is 2.86. The van der Waals surface area contributed by atoms with Gasteiger partial charge in [0.1, 0.15) is 17.0 Å². The normalized spacial score (nSPS) is 12.3. The lowest BCUT2D eigenvalue weighted by Crippen LogP contribution is -2.25. The highest BCUT2D eigenvalue weighted by Crippen LogP contribution is 2.17. The van der Waals surface area contributed by atoms with E-state index in [2.05, 4.69) is 9.97 Å². The van der Waals surface area contributed by atoms with Crippen molar-refractivity contribution in [1.29, 1.82) is 0 Å². The van der Waals surface area contributed by atoms with Crippen molar-refractivity contribution in [3.05, 3.63) is 17.6 Å². The first-order valence-electron chi connectivity index (χ1n) is 5.28. The van der Waals surface area contributed by atoms with E-state index in [4.69, 9.17) is 4.74 Å². The van der Waals surface area contributed by atoms with Crippen LogP contribution < -0.4 is 0 Å². The fraction of sp³-hybridized carbons (Fsp3) is 0.545. The number of rotatable bonds is 2. The Labute approximate surface area is 106 Å². The molecule has 0 fully saturated rings. The molecule has 0 aliphatic rings. The summed E-state index contributed by atoms with van der Waals surface area (Å²) in [5, 5.41) is -0.302. The van der Waals surface area contributed by atoms with Gasteiger partial charge in [0, 0.05) is 12.5 Å². The van der Waals surface area contributed by atoms with E-state index in [1.807, 2.05) is 0 Å². The van der Waals surface area contributed by atoms with Gasteiger partial charge in [-0.25, -0.2) is 23.2 Å². The number of carbonyl (C=O) groups is 1. The molecule has 18 heavy (non-hydrogen) atoms. The second-order valence-electron chi connectivity index (χ2n) is 4.91. The van der Waals surface area contributed by atoms with Gasteiger partial charge in [0.2, 0.25) is 0 Å². The van der Waals surface area contributed by atoms with Crippen LogP contribution in [-0.2, 0) is 14.6 Å². The molecule has 0 spiro atoms. The van der Waals surface area contributed by atoms with Crippen LogP contribution in [0.4, 0.5) is 0 Å². The summed E-state index contributed by atoms with van der Waals surface area (Å²) in [5.41, 5.74) is -0.852. The highest BCUT2D eigenvalue weighted by Gasteiger charge is 2.25. The van der Waals surface area contributed by atoms with Gasteiger partial charge in [0.15, 0.2) is 14.9 Å². The van der Waals surface area contributed by atoms with Crippen molar-refractivity contribution in [1.82, 2.24) is 9.97 Å². The second-order valence-corrected chi connectivity index (χ2v) is 6.84. The molecule has 1 rings (SSSR count). The Balaban J connectivity index is 3.30. The van der Waals surface area contributed by atoms with Gasteiger partial charge in [-0.05, 0) is 27.7 Å². The van der Waals surface area contributed by atoms with Gasteiger partial charge in [0.05, 0.1) is 0 Å². The minimum Gasteiger partial charge on any atom is -0.456 e. The van der Waals surface area contributed by atoms with E-state index in [0.29, 0.717) is 0 Å². The van der Waals surface area contributed by atoms with Crippen LogP contribution in [0.2, 0.25) is 0 Å². The molecule has 1 heterocycles. The third kappa shape index (κ3) is 3.76. The van der Waals surface area contributed by atoms with Crippen LogP contribution in [0.3, 0.4) is 0 Å². The van der Waals surface area contributed by atoms with Crippen molar-refractivity contribution in [2.24, 2.45) is 0 Å². The van der Waals surface area contributed by atoms with Gasteiger partial charge in [-0.3, -0.25) is 0 Å². The standard InChI is InChI=1S/C11H16N2O4S/c1-7-12-6-8(9(13-7)18(5,15)16)10(14)17-11(2,3)4/h6H,1-5H3. The first-order valence-corrected chi connectivity index (χ1v) is 7.17. The van der Waals surface area contributed by atoms with Crippen LogP contribution in [0, 0.1) is 6.92 Å². The SMILES string of the molecule is Cc1ncc(C(=O)OC(C)(C)C)c(S(C)(=O)=O)n1. The molecule has 0 amide bonds. The minimum atomic E-state index is -3.61. The van der Waals surface area contributed by atoms with Crippen LogP contribution in [0.15, 0.2) is 11.2 Å². The zero-order valence-corrected chi connectivity index (χ0v) is 11.8. The quantitative estimate of drug-likeness (QED) is 0.593. The Morgan fingerprint density at radius 1 is 1.33 bits per heavy atom. The van der Waals surface area contributed by atoms with Crippen LogP contribution in [0.5, 0.6) is 0 Å². The van der Waals surface area contributed by atoms with E-state index in [-0.39, 0.29) is 16.4 Å². The van der Waals surface area contributed by atoms with Crippen molar-refractivity contribution in [2.45, 2.75) is 38.3 Å². The summed E-state index contributed by atoms with van der Waals surface area (Å²) in [6.45, 7) is 6.63. The molecule has 100 valence electrons. The van der Waals surface area contributed by atoms with Crippen LogP contribution >= 0.6 is 0 Å². The molecule has 1 aromatic rings. The van der Waals surface area contributed by atoms with E-state index in [1.54, 1.807) is 27.7 Å². The number of esters is 1. The summed E-state index contributed by atoms with van der Waals surface area (Å²) in [6, 6.07) is 0. The average Bonchev–Trinajstić information content (AvgIpc) is 2.13. The lowest BCUT2D eigenvalue weighted by atomic mass is 10.2. The molecule has 0 N–H and O–H groups in total. The van der Waals surface area contributed by atoms with E-state index >= 15 is 0 Å². The highest BCUT2D eigenvalue weighted by molar-refractivity contribution is 7.90. The number of nitrogens with zero attached hydrogens (tertiary/aromatic N) is 2. The van der Waals surface area contributed by atoms with E-state index < -0.39 is 21.4 Å². The lowest BCUT2D eigenvalue weighted by molar-refractivity contribution is 0.00636. The largest absolute Gasteiger partial charge is 0.456 e. The van der Waals surface area contributed by atoms with E-state index in [0.717, 1.165) is 6.26 Å². The maximum Gasteiger partial charge on any atom is 0.343 e. The molecule has 0 unspecified atom stereocenters. The van der Waals surface area contributed by atoms with Gasteiger partial charge in [-0.2, -0.15) is 0 Å². The fourth-order valence-corrected chi connectivity index (χ4v) is 2.04. The van der Waals surface area contributed by atoms with Gasteiger partial charge in [-0.1, -0.05) is 0 Å². The van der Waals surface area contributed by atoms with Gasteiger partial charge >= 0.3 is 5.97 Å². The summed E-state index contributed by atoms with van der Waals surface area (Å²) >= 11 is 0. The smallest absolute Gasteiger partial charge is 0.343 e. The molecule has 0 saturated carbocycles. The monoisotopic (exact) mass is 272 g/mol. The van der Waals surface area contributed by atoms with Gasteiger partial charge < -0.3 is 4.74 Å². The van der Waals surface area contributed by atoms with Crippen molar-refractivity contribution >= 4 is 15.8 Å². The van der Waals surface area contributed by atoms with Crippen molar-refractivity contribution < 1.29 is 17.9 Å². The highest BCUT2D eigenvalue weighted by atomic mass is 32.2.